The average Bonchev–Trinajstić information content (AvgIpc) is 2.80. The van der Waals surface area contributed by atoms with E-state index in [9.17, 15) is 0 Å². The molecule has 0 radical (unpaired) electrons. The molecule has 0 atom stereocenters. The minimum Gasteiger partial charge on any atom is -0.0656 e. The third kappa shape index (κ3) is 4.79. The van der Waals surface area contributed by atoms with Gasteiger partial charge < -0.3 is 0 Å². The summed E-state index contributed by atoms with van der Waals surface area (Å²) in [5, 5.41) is 1.52. The maximum Gasteiger partial charge on any atom is 0.0775 e. The van der Waals surface area contributed by atoms with E-state index in [-0.39, 0.29) is 5.41 Å². The van der Waals surface area contributed by atoms with Crippen molar-refractivity contribution in [1.29, 1.82) is 0 Å². The van der Waals surface area contributed by atoms with Gasteiger partial charge in [-0.3, -0.25) is 0 Å². The Kier molecular flexibility index (Phi) is 6.21. The van der Waals surface area contributed by atoms with Crippen LogP contribution in [0.1, 0.15) is 36.1 Å². The summed E-state index contributed by atoms with van der Waals surface area (Å²) >= 11 is 0. The molecule has 0 aliphatic heterocycles. The molecule has 0 spiro atoms. The van der Waals surface area contributed by atoms with E-state index in [1.165, 1.54) is 38.6 Å². The molecule has 0 nitrogen and oxygen atoms in total. The Morgan fingerprint density at radius 3 is 1.81 bits per heavy atom. The monoisotopic (exact) mass is 434 g/mol. The van der Waals surface area contributed by atoms with Crippen LogP contribution in [0.5, 0.6) is 0 Å². The molecule has 0 aliphatic rings. The summed E-state index contributed by atoms with van der Waals surface area (Å²) in [6.07, 6.45) is 0.947. The highest BCUT2D eigenvalue weighted by atomic mass is 28.3. The highest BCUT2D eigenvalue weighted by Gasteiger charge is 2.24. The zero-order valence-electron chi connectivity index (χ0n) is 20.0. The summed E-state index contributed by atoms with van der Waals surface area (Å²) in [5.41, 5.74) is 8.01. The van der Waals surface area contributed by atoms with E-state index in [1.807, 2.05) is 0 Å². The Labute approximate surface area is 195 Å². The molecule has 0 aliphatic carbocycles. The predicted molar refractivity (Wildman–Crippen MR) is 143 cm³/mol. The minimum atomic E-state index is -1.27. The molecule has 0 amide bonds. The summed E-state index contributed by atoms with van der Waals surface area (Å²) in [6, 6.07) is 38.1. The fourth-order valence-electron chi connectivity index (χ4n) is 4.37. The number of benzene rings is 4. The molecule has 32 heavy (non-hydrogen) atoms. The highest BCUT2D eigenvalue weighted by Crippen LogP contribution is 2.35. The Balaban J connectivity index is 1.75. The molecule has 4 aromatic rings. The van der Waals surface area contributed by atoms with Crippen LogP contribution in [0.25, 0.3) is 11.1 Å². The van der Waals surface area contributed by atoms with E-state index in [0.29, 0.717) is 0 Å². The van der Waals surface area contributed by atoms with Crippen molar-refractivity contribution in [1.82, 2.24) is 0 Å². The van der Waals surface area contributed by atoms with Gasteiger partial charge in [0.25, 0.3) is 0 Å². The molecule has 4 rings (SSSR count). The van der Waals surface area contributed by atoms with Crippen molar-refractivity contribution in [3.63, 3.8) is 0 Å². The van der Waals surface area contributed by atoms with Crippen molar-refractivity contribution in [3.05, 3.63) is 125 Å². The SMILES string of the molecule is CC(C)(c1ccccc1)c1ccc(Cc2ccc([Si](C)(C)C)cc2)c(-c2ccccc2)c1. The average molecular weight is 435 g/mol. The zero-order chi connectivity index (χ0) is 22.8. The molecule has 0 saturated heterocycles. The van der Waals surface area contributed by atoms with Crippen LogP contribution < -0.4 is 5.19 Å². The Bertz CT molecular complexity index is 1160. The van der Waals surface area contributed by atoms with Crippen molar-refractivity contribution < 1.29 is 0 Å². The maximum atomic E-state index is 2.41. The number of hydrogen-bond acceptors (Lipinski definition) is 0. The lowest BCUT2D eigenvalue weighted by molar-refractivity contribution is 0.641. The van der Waals surface area contributed by atoms with Crippen molar-refractivity contribution in [2.75, 3.05) is 0 Å². The lowest BCUT2D eigenvalue weighted by Crippen LogP contribution is -2.37. The van der Waals surface area contributed by atoms with Gasteiger partial charge in [0.05, 0.1) is 8.07 Å². The lowest BCUT2D eigenvalue weighted by Gasteiger charge is -2.27. The highest BCUT2D eigenvalue weighted by molar-refractivity contribution is 6.88. The molecule has 0 bridgehead atoms. The summed E-state index contributed by atoms with van der Waals surface area (Å²) in [6.45, 7) is 11.9. The third-order valence-corrected chi connectivity index (χ3v) is 8.69. The first kappa shape index (κ1) is 22.3. The molecular weight excluding hydrogens is 400 g/mol. The first-order valence-electron chi connectivity index (χ1n) is 11.6. The topological polar surface area (TPSA) is 0 Å². The van der Waals surface area contributed by atoms with E-state index in [4.69, 9.17) is 0 Å². The molecule has 1 heteroatoms. The molecule has 162 valence electrons. The van der Waals surface area contributed by atoms with Gasteiger partial charge in [0, 0.05) is 5.41 Å². The fraction of sp³-hybridized carbons (Fsp3) is 0.226. The Morgan fingerprint density at radius 1 is 0.625 bits per heavy atom. The van der Waals surface area contributed by atoms with Gasteiger partial charge >= 0.3 is 0 Å². The number of rotatable bonds is 6. The second kappa shape index (κ2) is 8.92. The van der Waals surface area contributed by atoms with E-state index in [2.05, 4.69) is 137 Å². The van der Waals surface area contributed by atoms with Gasteiger partial charge in [0.1, 0.15) is 0 Å². The normalized spacial score (nSPS) is 12.0. The maximum absolute atomic E-state index is 2.41. The van der Waals surface area contributed by atoms with Crippen molar-refractivity contribution >= 4 is 13.3 Å². The number of hydrogen-bond donors (Lipinski definition) is 0. The lowest BCUT2D eigenvalue weighted by atomic mass is 9.76. The molecule has 0 aromatic heterocycles. The minimum absolute atomic E-state index is 0.0533. The third-order valence-electron chi connectivity index (χ3n) is 6.63. The molecular formula is C31H34Si. The molecule has 0 fully saturated rings. The first-order valence-corrected chi connectivity index (χ1v) is 15.1. The summed E-state index contributed by atoms with van der Waals surface area (Å²) in [4.78, 5) is 0. The van der Waals surface area contributed by atoms with E-state index < -0.39 is 8.07 Å². The second-order valence-electron chi connectivity index (χ2n) is 10.4. The van der Waals surface area contributed by atoms with Crippen LogP contribution in [-0.2, 0) is 11.8 Å². The summed E-state index contributed by atoms with van der Waals surface area (Å²) in [7, 11) is -1.27. The van der Waals surface area contributed by atoms with Gasteiger partial charge in [-0.2, -0.15) is 0 Å². The summed E-state index contributed by atoms with van der Waals surface area (Å²) < 4.78 is 0. The van der Waals surface area contributed by atoms with E-state index in [1.54, 1.807) is 0 Å². The first-order chi connectivity index (χ1) is 15.2. The smallest absolute Gasteiger partial charge is 0.0656 e. The standard InChI is InChI=1S/C31H34Si/c1-31(2,27-14-10-7-11-15-27)28-19-18-26(30(23-28)25-12-8-6-9-13-25)22-24-16-20-29(21-17-24)32(3,4)5/h6-21,23H,22H2,1-5H3. The largest absolute Gasteiger partial charge is 0.0775 e. The predicted octanol–water partition coefficient (Wildman–Crippen LogP) is 7.82. The van der Waals surface area contributed by atoms with Gasteiger partial charge in [0.2, 0.25) is 0 Å². The molecule has 0 heterocycles. The van der Waals surface area contributed by atoms with Gasteiger partial charge in [-0.15, -0.1) is 0 Å². The van der Waals surface area contributed by atoms with Crippen LogP contribution in [0.2, 0.25) is 19.6 Å². The van der Waals surface area contributed by atoms with Crippen LogP contribution in [0.15, 0.2) is 103 Å². The zero-order valence-corrected chi connectivity index (χ0v) is 21.0. The van der Waals surface area contributed by atoms with Crippen molar-refractivity contribution in [3.8, 4) is 11.1 Å². The van der Waals surface area contributed by atoms with E-state index in [0.717, 1.165) is 6.42 Å². The van der Waals surface area contributed by atoms with Gasteiger partial charge in [-0.25, -0.2) is 0 Å². The van der Waals surface area contributed by atoms with Crippen LogP contribution >= 0.6 is 0 Å². The molecule has 4 aromatic carbocycles. The molecule has 0 saturated carbocycles. The van der Waals surface area contributed by atoms with Gasteiger partial charge in [-0.05, 0) is 45.9 Å². The Hall–Kier alpha value is -2.90. The van der Waals surface area contributed by atoms with Crippen LogP contribution in [0.3, 0.4) is 0 Å². The van der Waals surface area contributed by atoms with E-state index >= 15 is 0 Å². The quantitative estimate of drug-likeness (QED) is 0.271. The van der Waals surface area contributed by atoms with Crippen molar-refractivity contribution in [2.45, 2.75) is 45.3 Å². The van der Waals surface area contributed by atoms with Gasteiger partial charge in [-0.1, -0.05) is 136 Å². The molecule has 0 N–H and O–H groups in total. The second-order valence-corrected chi connectivity index (χ2v) is 15.4. The molecule has 0 unspecified atom stereocenters. The van der Waals surface area contributed by atoms with Crippen LogP contribution in [0, 0.1) is 0 Å². The van der Waals surface area contributed by atoms with Gasteiger partial charge in [0.15, 0.2) is 0 Å². The Morgan fingerprint density at radius 2 is 1.22 bits per heavy atom. The van der Waals surface area contributed by atoms with Crippen LogP contribution in [0.4, 0.5) is 0 Å². The van der Waals surface area contributed by atoms with Crippen molar-refractivity contribution in [2.24, 2.45) is 0 Å². The van der Waals surface area contributed by atoms with Crippen LogP contribution in [-0.4, -0.2) is 8.07 Å². The summed E-state index contributed by atoms with van der Waals surface area (Å²) in [5.74, 6) is 0. The fourth-order valence-corrected chi connectivity index (χ4v) is 5.54.